The zero-order valence-electron chi connectivity index (χ0n) is 15.8. The van der Waals surface area contributed by atoms with Gasteiger partial charge in [-0.2, -0.15) is 13.2 Å². The summed E-state index contributed by atoms with van der Waals surface area (Å²) in [5.41, 5.74) is 0.139. The van der Waals surface area contributed by atoms with E-state index in [9.17, 15) is 18.3 Å². The van der Waals surface area contributed by atoms with Crippen molar-refractivity contribution in [1.82, 2.24) is 4.90 Å². The molecule has 0 amide bonds. The van der Waals surface area contributed by atoms with Gasteiger partial charge in [0.2, 0.25) is 0 Å². The first-order valence-corrected chi connectivity index (χ1v) is 11.4. The van der Waals surface area contributed by atoms with Crippen LogP contribution in [0.2, 0.25) is 18.1 Å². The number of halogens is 3. The lowest BCUT2D eigenvalue weighted by Crippen LogP contribution is -2.43. The Morgan fingerprint density at radius 1 is 1.04 bits per heavy atom. The zero-order chi connectivity index (χ0) is 19.3. The molecular formula is C18H30F3NO2Si. The molecule has 0 atom stereocenters. The van der Waals surface area contributed by atoms with Gasteiger partial charge < -0.3 is 9.53 Å². The van der Waals surface area contributed by atoms with Crippen molar-refractivity contribution in [3.05, 3.63) is 35.4 Å². The molecule has 0 aliphatic rings. The molecule has 7 heteroatoms. The molecule has 0 aliphatic carbocycles. The van der Waals surface area contributed by atoms with Crippen LogP contribution in [0.1, 0.15) is 31.9 Å². The highest BCUT2D eigenvalue weighted by Gasteiger charge is 2.37. The third-order valence-corrected chi connectivity index (χ3v) is 9.32. The van der Waals surface area contributed by atoms with E-state index < -0.39 is 20.1 Å². The number of aliphatic hydroxyl groups is 1. The number of hydrogen-bond donors (Lipinski definition) is 1. The second-order valence-electron chi connectivity index (χ2n) is 7.80. The molecule has 3 nitrogen and oxygen atoms in total. The molecule has 0 aromatic heterocycles. The van der Waals surface area contributed by atoms with Crippen molar-refractivity contribution < 1.29 is 22.7 Å². The van der Waals surface area contributed by atoms with Gasteiger partial charge in [0.1, 0.15) is 0 Å². The largest absolute Gasteiger partial charge is 0.416 e. The number of aliphatic hydroxyl groups excluding tert-OH is 1. The summed E-state index contributed by atoms with van der Waals surface area (Å²) in [6.45, 7) is 13.0. The van der Waals surface area contributed by atoms with Gasteiger partial charge in [-0.25, -0.2) is 0 Å². The van der Waals surface area contributed by atoms with Gasteiger partial charge >= 0.3 is 6.18 Å². The summed E-state index contributed by atoms with van der Waals surface area (Å²) >= 11 is 0. The van der Waals surface area contributed by atoms with E-state index in [1.54, 1.807) is 0 Å². The van der Waals surface area contributed by atoms with E-state index in [-0.39, 0.29) is 11.6 Å². The first-order valence-electron chi connectivity index (χ1n) is 8.50. The average Bonchev–Trinajstić information content (AvgIpc) is 2.45. The SMILES string of the molecule is CC(C)(C)[Si](C)(C)OCCN(CCO)Cc1ccc(C(F)(F)F)cc1. The Morgan fingerprint density at radius 2 is 1.60 bits per heavy atom. The number of hydrogen-bond acceptors (Lipinski definition) is 3. The Balaban J connectivity index is 2.63. The van der Waals surface area contributed by atoms with Crippen molar-refractivity contribution >= 4 is 8.32 Å². The molecule has 1 aromatic carbocycles. The monoisotopic (exact) mass is 377 g/mol. The molecule has 0 heterocycles. The lowest BCUT2D eigenvalue weighted by atomic mass is 10.1. The molecule has 1 aromatic rings. The van der Waals surface area contributed by atoms with Crippen LogP contribution in [0.15, 0.2) is 24.3 Å². The van der Waals surface area contributed by atoms with Gasteiger partial charge in [-0.05, 0) is 35.8 Å². The summed E-state index contributed by atoms with van der Waals surface area (Å²) in [4.78, 5) is 2.00. The maximum atomic E-state index is 12.6. The molecule has 25 heavy (non-hydrogen) atoms. The molecule has 0 saturated heterocycles. The highest BCUT2D eigenvalue weighted by Crippen LogP contribution is 2.36. The molecule has 0 spiro atoms. The van der Waals surface area contributed by atoms with Gasteiger partial charge in [0.25, 0.3) is 0 Å². The molecule has 0 radical (unpaired) electrons. The minimum Gasteiger partial charge on any atom is -0.416 e. The first-order chi connectivity index (χ1) is 11.4. The molecule has 0 saturated carbocycles. The van der Waals surface area contributed by atoms with Crippen LogP contribution in [0, 0.1) is 0 Å². The molecule has 1 N–H and O–H groups in total. The van der Waals surface area contributed by atoms with Crippen molar-refractivity contribution in [2.75, 3.05) is 26.3 Å². The quantitative estimate of drug-likeness (QED) is 0.676. The maximum Gasteiger partial charge on any atom is 0.416 e. The van der Waals surface area contributed by atoms with Crippen molar-refractivity contribution in [3.63, 3.8) is 0 Å². The first kappa shape index (κ1) is 22.1. The van der Waals surface area contributed by atoms with Gasteiger partial charge in [-0.1, -0.05) is 32.9 Å². The normalized spacial score (nSPS) is 13.5. The Hall–Kier alpha value is -0.893. The second-order valence-corrected chi connectivity index (χ2v) is 12.6. The Labute approximate surface area is 149 Å². The second kappa shape index (κ2) is 8.66. The number of alkyl halides is 3. The molecule has 144 valence electrons. The fourth-order valence-corrected chi connectivity index (χ4v) is 3.15. The highest BCUT2D eigenvalue weighted by atomic mass is 28.4. The predicted molar refractivity (Wildman–Crippen MR) is 97.0 cm³/mol. The van der Waals surface area contributed by atoms with E-state index in [1.807, 2.05) is 4.90 Å². The Bertz CT molecular complexity index is 525. The van der Waals surface area contributed by atoms with Crippen LogP contribution in [0.5, 0.6) is 0 Å². The van der Waals surface area contributed by atoms with Crippen molar-refractivity contribution in [1.29, 1.82) is 0 Å². The van der Waals surface area contributed by atoms with Crippen molar-refractivity contribution in [2.45, 2.75) is 51.6 Å². The number of nitrogens with zero attached hydrogens (tertiary/aromatic N) is 1. The van der Waals surface area contributed by atoms with Crippen LogP contribution in [-0.4, -0.2) is 44.6 Å². The average molecular weight is 378 g/mol. The Morgan fingerprint density at radius 3 is 2.04 bits per heavy atom. The van der Waals surface area contributed by atoms with E-state index in [0.717, 1.165) is 17.7 Å². The van der Waals surface area contributed by atoms with Crippen LogP contribution in [0.25, 0.3) is 0 Å². The van der Waals surface area contributed by atoms with Gasteiger partial charge in [0.05, 0.1) is 12.2 Å². The molecular weight excluding hydrogens is 347 g/mol. The van der Waals surface area contributed by atoms with Crippen LogP contribution in [0.4, 0.5) is 13.2 Å². The lowest BCUT2D eigenvalue weighted by Gasteiger charge is -2.36. The fraction of sp³-hybridized carbons (Fsp3) is 0.667. The number of rotatable bonds is 8. The summed E-state index contributed by atoms with van der Waals surface area (Å²) in [5.74, 6) is 0. The topological polar surface area (TPSA) is 32.7 Å². The van der Waals surface area contributed by atoms with E-state index in [0.29, 0.717) is 26.2 Å². The number of benzene rings is 1. The van der Waals surface area contributed by atoms with Crippen LogP contribution in [-0.2, 0) is 17.1 Å². The van der Waals surface area contributed by atoms with Crippen molar-refractivity contribution in [2.24, 2.45) is 0 Å². The van der Waals surface area contributed by atoms with Crippen LogP contribution in [0.3, 0.4) is 0 Å². The van der Waals surface area contributed by atoms with Gasteiger partial charge in [-0.15, -0.1) is 0 Å². The third-order valence-electron chi connectivity index (χ3n) is 4.78. The van der Waals surface area contributed by atoms with E-state index in [2.05, 4.69) is 33.9 Å². The summed E-state index contributed by atoms with van der Waals surface area (Å²) in [7, 11) is -1.83. The van der Waals surface area contributed by atoms with Crippen LogP contribution >= 0.6 is 0 Å². The minimum absolute atomic E-state index is 0.000721. The smallest absolute Gasteiger partial charge is 0.416 e. The highest BCUT2D eigenvalue weighted by molar-refractivity contribution is 6.74. The molecule has 1 rings (SSSR count). The fourth-order valence-electron chi connectivity index (χ4n) is 2.12. The van der Waals surface area contributed by atoms with Crippen molar-refractivity contribution in [3.8, 4) is 0 Å². The van der Waals surface area contributed by atoms with E-state index >= 15 is 0 Å². The van der Waals surface area contributed by atoms with Crippen LogP contribution < -0.4 is 0 Å². The van der Waals surface area contributed by atoms with Gasteiger partial charge in [-0.3, -0.25) is 4.90 Å². The van der Waals surface area contributed by atoms with E-state index in [1.165, 1.54) is 12.1 Å². The summed E-state index contributed by atoms with van der Waals surface area (Å²) in [5, 5.41) is 9.36. The third kappa shape index (κ3) is 7.09. The lowest BCUT2D eigenvalue weighted by molar-refractivity contribution is -0.137. The molecule has 0 bridgehead atoms. The van der Waals surface area contributed by atoms with E-state index in [4.69, 9.17) is 4.43 Å². The minimum atomic E-state index is -4.32. The maximum absolute atomic E-state index is 12.6. The summed E-state index contributed by atoms with van der Waals surface area (Å²) in [6.07, 6.45) is -4.32. The predicted octanol–water partition coefficient (Wildman–Crippen LogP) is 4.52. The zero-order valence-corrected chi connectivity index (χ0v) is 16.8. The molecule has 0 fully saturated rings. The summed E-state index contributed by atoms with van der Waals surface area (Å²) < 4.78 is 44.0. The molecule has 0 unspecified atom stereocenters. The van der Waals surface area contributed by atoms with Gasteiger partial charge in [0, 0.05) is 26.2 Å². The Kier molecular flexibility index (Phi) is 7.67. The standard InChI is InChI=1S/C18H30F3NO2Si/c1-17(2,3)25(4,5)24-13-11-22(10-12-23)14-15-6-8-16(9-7-15)18(19,20)21/h6-9,23H,10-14H2,1-5H3. The summed E-state index contributed by atoms with van der Waals surface area (Å²) in [6, 6.07) is 5.17. The molecule has 0 aliphatic heterocycles. The van der Waals surface area contributed by atoms with Gasteiger partial charge in [0.15, 0.2) is 8.32 Å².